The highest BCUT2D eigenvalue weighted by Crippen LogP contribution is 2.33. The van der Waals surface area contributed by atoms with E-state index in [1.807, 2.05) is 0 Å². The number of para-hydroxylation sites is 1. The van der Waals surface area contributed by atoms with E-state index in [1.165, 1.54) is 18.2 Å². The van der Waals surface area contributed by atoms with Gasteiger partial charge in [-0.2, -0.15) is 0 Å². The number of aromatic hydroxyl groups is 2. The molecule has 2 aromatic carbocycles. The fourth-order valence-electron chi connectivity index (χ4n) is 2.13. The van der Waals surface area contributed by atoms with E-state index in [0.29, 0.717) is 16.9 Å². The number of fused-ring (bicyclic) bond motifs is 1. The monoisotopic (exact) mass is 258 g/mol. The average Bonchev–Trinajstić information content (AvgIpc) is 2.69. The molecule has 0 aliphatic heterocycles. The van der Waals surface area contributed by atoms with E-state index in [9.17, 15) is 14.6 Å². The van der Waals surface area contributed by atoms with E-state index in [2.05, 4.69) is 4.98 Å². The molecular weight excluding hydrogens is 247 g/mol. The topological polar surface area (TPSA) is 58.3 Å². The summed E-state index contributed by atoms with van der Waals surface area (Å²) in [4.78, 5) is 4.22. The molecule has 1 aromatic heterocycles. The number of rotatable bonds is 1. The fourth-order valence-corrected chi connectivity index (χ4v) is 2.13. The maximum atomic E-state index is 13.7. The first kappa shape index (κ1) is 11.5. The molecule has 5 heteroatoms. The second kappa shape index (κ2) is 3.98. The first-order valence-electron chi connectivity index (χ1n) is 5.71. The summed E-state index contributed by atoms with van der Waals surface area (Å²) >= 11 is 0. The van der Waals surface area contributed by atoms with Crippen molar-refractivity contribution in [2.24, 2.45) is 7.05 Å². The quantitative estimate of drug-likeness (QED) is 0.705. The number of hydrogen-bond acceptors (Lipinski definition) is 3. The van der Waals surface area contributed by atoms with Gasteiger partial charge in [-0.15, -0.1) is 0 Å². The summed E-state index contributed by atoms with van der Waals surface area (Å²) in [6.45, 7) is 0. The Morgan fingerprint density at radius 2 is 1.95 bits per heavy atom. The molecule has 0 atom stereocenters. The molecular formula is C14H11FN2O2. The molecule has 0 fully saturated rings. The zero-order valence-electron chi connectivity index (χ0n) is 10.1. The van der Waals surface area contributed by atoms with Gasteiger partial charge in [-0.1, -0.05) is 6.07 Å². The highest BCUT2D eigenvalue weighted by Gasteiger charge is 2.15. The van der Waals surface area contributed by atoms with Crippen LogP contribution in [0.1, 0.15) is 0 Å². The lowest BCUT2D eigenvalue weighted by Gasteiger charge is -2.05. The van der Waals surface area contributed by atoms with Gasteiger partial charge in [0.05, 0.1) is 11.1 Å². The largest absolute Gasteiger partial charge is 0.508 e. The zero-order chi connectivity index (χ0) is 13.6. The molecule has 96 valence electrons. The summed E-state index contributed by atoms with van der Waals surface area (Å²) in [6, 6.07) is 8.93. The lowest BCUT2D eigenvalue weighted by atomic mass is 10.2. The van der Waals surface area contributed by atoms with Crippen LogP contribution >= 0.6 is 0 Å². The van der Waals surface area contributed by atoms with Gasteiger partial charge in [0, 0.05) is 13.1 Å². The molecule has 2 N–H and O–H groups in total. The van der Waals surface area contributed by atoms with Gasteiger partial charge in [-0.3, -0.25) is 0 Å². The third-order valence-corrected chi connectivity index (χ3v) is 3.08. The van der Waals surface area contributed by atoms with Crippen molar-refractivity contribution >= 4 is 11.0 Å². The molecule has 4 nitrogen and oxygen atoms in total. The number of imidazole rings is 1. The van der Waals surface area contributed by atoms with Crippen LogP contribution in [-0.2, 0) is 7.05 Å². The van der Waals surface area contributed by atoms with E-state index in [-0.39, 0.29) is 17.0 Å². The normalized spacial score (nSPS) is 11.1. The van der Waals surface area contributed by atoms with Gasteiger partial charge in [0.2, 0.25) is 0 Å². The van der Waals surface area contributed by atoms with E-state index in [0.717, 1.165) is 0 Å². The highest BCUT2D eigenvalue weighted by atomic mass is 19.1. The zero-order valence-corrected chi connectivity index (χ0v) is 10.1. The van der Waals surface area contributed by atoms with Crippen LogP contribution in [0.3, 0.4) is 0 Å². The standard InChI is InChI=1S/C14H11FN2O2/c1-17-11-4-2-3-10(15)13(11)16-14(17)9-6-5-8(18)7-12(9)19/h2-7,18-19H,1H3. The summed E-state index contributed by atoms with van der Waals surface area (Å²) in [5, 5.41) is 19.1. The third-order valence-electron chi connectivity index (χ3n) is 3.08. The van der Waals surface area contributed by atoms with Crippen molar-refractivity contribution < 1.29 is 14.6 Å². The van der Waals surface area contributed by atoms with Gasteiger partial charge in [0.1, 0.15) is 22.8 Å². The van der Waals surface area contributed by atoms with Crippen molar-refractivity contribution in [3.8, 4) is 22.9 Å². The Bertz CT molecular complexity index is 780. The van der Waals surface area contributed by atoms with Crippen LogP contribution in [0.2, 0.25) is 0 Å². The van der Waals surface area contributed by atoms with E-state index < -0.39 is 5.82 Å². The number of phenols is 2. The number of aryl methyl sites for hydroxylation is 1. The number of hydrogen-bond donors (Lipinski definition) is 2. The van der Waals surface area contributed by atoms with Crippen molar-refractivity contribution in [1.29, 1.82) is 0 Å². The Hall–Kier alpha value is -2.56. The summed E-state index contributed by atoms with van der Waals surface area (Å²) in [6.07, 6.45) is 0. The summed E-state index contributed by atoms with van der Waals surface area (Å²) in [5.74, 6) is -0.0970. The van der Waals surface area contributed by atoms with Gasteiger partial charge in [0.15, 0.2) is 5.82 Å². The van der Waals surface area contributed by atoms with Crippen molar-refractivity contribution in [2.75, 3.05) is 0 Å². The van der Waals surface area contributed by atoms with E-state index in [1.54, 1.807) is 29.8 Å². The molecule has 1 heterocycles. The molecule has 0 spiro atoms. The number of benzene rings is 2. The second-order valence-electron chi connectivity index (χ2n) is 4.30. The van der Waals surface area contributed by atoms with Gasteiger partial charge < -0.3 is 14.8 Å². The van der Waals surface area contributed by atoms with Gasteiger partial charge in [-0.05, 0) is 24.3 Å². The lowest BCUT2D eigenvalue weighted by molar-refractivity contribution is 0.451. The number of aromatic nitrogens is 2. The maximum absolute atomic E-state index is 13.7. The molecule has 0 radical (unpaired) electrons. The summed E-state index contributed by atoms with van der Waals surface area (Å²) in [7, 11) is 1.75. The molecule has 0 unspecified atom stereocenters. The molecule has 0 saturated heterocycles. The van der Waals surface area contributed by atoms with Gasteiger partial charge in [-0.25, -0.2) is 9.37 Å². The SMILES string of the molecule is Cn1c(-c2ccc(O)cc2O)nc2c(F)cccc21. The Morgan fingerprint density at radius 1 is 1.16 bits per heavy atom. The number of phenolic OH excluding ortho intramolecular Hbond substituents is 2. The Balaban J connectivity index is 2.31. The number of halogens is 1. The molecule has 0 saturated carbocycles. The van der Waals surface area contributed by atoms with Crippen molar-refractivity contribution in [3.63, 3.8) is 0 Å². The molecule has 3 aromatic rings. The van der Waals surface area contributed by atoms with Crippen LogP contribution in [0.4, 0.5) is 4.39 Å². The van der Waals surface area contributed by atoms with Crippen LogP contribution in [0.5, 0.6) is 11.5 Å². The predicted molar refractivity (Wildman–Crippen MR) is 69.4 cm³/mol. The minimum atomic E-state index is -0.405. The molecule has 0 aliphatic carbocycles. The van der Waals surface area contributed by atoms with Gasteiger partial charge >= 0.3 is 0 Å². The van der Waals surface area contributed by atoms with Crippen molar-refractivity contribution in [2.45, 2.75) is 0 Å². The summed E-state index contributed by atoms with van der Waals surface area (Å²) in [5.41, 5.74) is 1.34. The Morgan fingerprint density at radius 3 is 2.63 bits per heavy atom. The maximum Gasteiger partial charge on any atom is 0.151 e. The fraction of sp³-hybridized carbons (Fsp3) is 0.0714. The van der Waals surface area contributed by atoms with Gasteiger partial charge in [0.25, 0.3) is 0 Å². The third kappa shape index (κ3) is 1.71. The predicted octanol–water partition coefficient (Wildman–Crippen LogP) is 2.79. The molecule has 19 heavy (non-hydrogen) atoms. The van der Waals surface area contributed by atoms with Crippen LogP contribution < -0.4 is 0 Å². The molecule has 3 rings (SSSR count). The second-order valence-corrected chi connectivity index (χ2v) is 4.30. The van der Waals surface area contributed by atoms with Crippen LogP contribution in [0.15, 0.2) is 36.4 Å². The van der Waals surface area contributed by atoms with Crippen molar-refractivity contribution in [3.05, 3.63) is 42.2 Å². The van der Waals surface area contributed by atoms with Crippen LogP contribution in [0, 0.1) is 5.82 Å². The van der Waals surface area contributed by atoms with Crippen molar-refractivity contribution in [1.82, 2.24) is 9.55 Å². The lowest BCUT2D eigenvalue weighted by Crippen LogP contribution is -1.92. The minimum Gasteiger partial charge on any atom is -0.508 e. The smallest absolute Gasteiger partial charge is 0.151 e. The van der Waals surface area contributed by atoms with Crippen LogP contribution in [-0.4, -0.2) is 19.8 Å². The molecule has 0 bridgehead atoms. The van der Waals surface area contributed by atoms with E-state index >= 15 is 0 Å². The first-order valence-corrected chi connectivity index (χ1v) is 5.71. The summed E-state index contributed by atoms with van der Waals surface area (Å²) < 4.78 is 15.4. The molecule has 0 amide bonds. The highest BCUT2D eigenvalue weighted by molar-refractivity contribution is 5.82. The Labute approximate surface area is 108 Å². The number of nitrogens with zero attached hydrogens (tertiary/aromatic N) is 2. The average molecular weight is 258 g/mol. The minimum absolute atomic E-state index is 0.0359. The van der Waals surface area contributed by atoms with Crippen LogP contribution in [0.25, 0.3) is 22.4 Å². The van der Waals surface area contributed by atoms with E-state index in [4.69, 9.17) is 0 Å². The first-order chi connectivity index (χ1) is 9.08. The molecule has 0 aliphatic rings. The Kier molecular flexibility index (Phi) is 2.41.